The zero-order chi connectivity index (χ0) is 23.3. The molecule has 178 valence electrons. The van der Waals surface area contributed by atoms with Gasteiger partial charge in [0.05, 0.1) is 12.9 Å². The molecule has 2 atom stereocenters. The van der Waals surface area contributed by atoms with E-state index in [-0.39, 0.29) is 17.7 Å². The van der Waals surface area contributed by atoms with Crippen molar-refractivity contribution in [1.29, 1.82) is 0 Å². The zero-order valence-electron chi connectivity index (χ0n) is 19.2. The van der Waals surface area contributed by atoms with E-state index in [1.165, 1.54) is 37.1 Å². The lowest BCUT2D eigenvalue weighted by Gasteiger charge is -2.40. The van der Waals surface area contributed by atoms with E-state index >= 15 is 0 Å². The minimum Gasteiger partial charge on any atom is -0.465 e. The fourth-order valence-corrected chi connectivity index (χ4v) is 5.19. The van der Waals surface area contributed by atoms with Crippen molar-refractivity contribution >= 4 is 6.08 Å². The Morgan fingerprint density at radius 1 is 0.912 bits per heavy atom. The Kier molecular flexibility index (Phi) is 7.19. The number of fused-ring (bicyclic) bond motifs is 2. The van der Waals surface area contributed by atoms with Crippen LogP contribution in [0.5, 0.6) is 0 Å². The second-order valence-corrected chi connectivity index (χ2v) is 9.11. The number of piperazine rings is 1. The van der Waals surface area contributed by atoms with Crippen LogP contribution < -0.4 is 0 Å². The minimum atomic E-state index is -0.356. The Bertz CT molecular complexity index is 1010. The van der Waals surface area contributed by atoms with Gasteiger partial charge in [-0.1, -0.05) is 30.3 Å². The van der Waals surface area contributed by atoms with E-state index in [1.54, 1.807) is 30.5 Å². The van der Waals surface area contributed by atoms with Crippen LogP contribution in [0.2, 0.25) is 0 Å². The van der Waals surface area contributed by atoms with E-state index < -0.39 is 0 Å². The Balaban J connectivity index is 1.17. The quantitative estimate of drug-likeness (QED) is 0.417. The third-order valence-corrected chi connectivity index (χ3v) is 6.89. The highest BCUT2D eigenvalue weighted by Crippen LogP contribution is 2.31. The van der Waals surface area contributed by atoms with Crippen LogP contribution in [-0.4, -0.2) is 54.7 Å². The maximum atomic E-state index is 13.5. The summed E-state index contributed by atoms with van der Waals surface area (Å²) in [6.07, 6.45) is 8.03. The molecule has 2 saturated heterocycles. The molecule has 0 amide bonds. The molecule has 0 unspecified atom stereocenters. The average molecular weight is 465 g/mol. The first-order valence-electron chi connectivity index (χ1n) is 12.0. The van der Waals surface area contributed by atoms with Gasteiger partial charge in [0.2, 0.25) is 0 Å². The Morgan fingerprint density at radius 2 is 1.53 bits per heavy atom. The van der Waals surface area contributed by atoms with Crippen LogP contribution in [0.1, 0.15) is 35.8 Å². The summed E-state index contributed by atoms with van der Waals surface area (Å²) in [5, 5.41) is 0. The van der Waals surface area contributed by atoms with Gasteiger partial charge in [-0.2, -0.15) is 0 Å². The fraction of sp³-hybridized carbons (Fsp3) is 0.357. The van der Waals surface area contributed by atoms with Crippen molar-refractivity contribution in [2.45, 2.75) is 31.0 Å². The van der Waals surface area contributed by atoms with Gasteiger partial charge >= 0.3 is 0 Å². The smallest absolute Gasteiger partial charge is 0.126 e. The van der Waals surface area contributed by atoms with E-state index in [2.05, 4.69) is 15.9 Å². The lowest BCUT2D eigenvalue weighted by Crippen LogP contribution is -2.54. The molecule has 0 spiro atoms. The molecular formula is C28H30F2N2O2. The Hall–Kier alpha value is -2.80. The standard InChI is InChI=1S/C28H30F2N2O2/c29-23-9-5-21(6-10-23)28(22-7-11-24(30)12-8-22)34-18-16-31-19-25-13-14-26(20-31)32(25)15-1-3-27-4-2-17-33-27/h1-12,17,25-26,28H,13-16,18-20H2/b3-1+/t25-,26+. The van der Waals surface area contributed by atoms with Gasteiger partial charge in [-0.15, -0.1) is 0 Å². The van der Waals surface area contributed by atoms with E-state index in [9.17, 15) is 8.78 Å². The third kappa shape index (κ3) is 5.46. The number of likely N-dealkylation sites (tertiary alicyclic amines) is 1. The number of nitrogens with zero attached hydrogens (tertiary/aromatic N) is 2. The van der Waals surface area contributed by atoms with Crippen LogP contribution in [0.4, 0.5) is 8.78 Å². The second-order valence-electron chi connectivity index (χ2n) is 9.11. The largest absolute Gasteiger partial charge is 0.465 e. The maximum Gasteiger partial charge on any atom is 0.126 e. The van der Waals surface area contributed by atoms with Crippen molar-refractivity contribution in [2.24, 2.45) is 0 Å². The molecule has 4 nitrogen and oxygen atoms in total. The first kappa shape index (κ1) is 23.0. The van der Waals surface area contributed by atoms with Crippen LogP contribution in [0, 0.1) is 11.6 Å². The highest BCUT2D eigenvalue weighted by atomic mass is 19.1. The molecule has 2 aromatic carbocycles. The molecule has 34 heavy (non-hydrogen) atoms. The van der Waals surface area contributed by atoms with Crippen molar-refractivity contribution in [3.63, 3.8) is 0 Å². The van der Waals surface area contributed by atoms with Gasteiger partial charge in [-0.25, -0.2) is 8.78 Å². The van der Waals surface area contributed by atoms with Crippen molar-refractivity contribution in [3.8, 4) is 0 Å². The van der Waals surface area contributed by atoms with E-state index in [4.69, 9.17) is 9.15 Å². The van der Waals surface area contributed by atoms with Gasteiger partial charge in [0.1, 0.15) is 23.5 Å². The number of benzene rings is 2. The Labute approximate surface area is 199 Å². The number of rotatable bonds is 9. The molecule has 3 aromatic rings. The number of halogens is 2. The van der Waals surface area contributed by atoms with Crippen molar-refractivity contribution in [3.05, 3.63) is 102 Å². The van der Waals surface area contributed by atoms with Crippen molar-refractivity contribution in [1.82, 2.24) is 9.80 Å². The minimum absolute atomic E-state index is 0.283. The highest BCUT2D eigenvalue weighted by Gasteiger charge is 2.38. The lowest BCUT2D eigenvalue weighted by atomic mass is 10.0. The summed E-state index contributed by atoms with van der Waals surface area (Å²) in [5.41, 5.74) is 1.72. The van der Waals surface area contributed by atoms with Crippen LogP contribution in [0.15, 0.2) is 77.4 Å². The second kappa shape index (κ2) is 10.6. The van der Waals surface area contributed by atoms with E-state index in [1.807, 2.05) is 18.2 Å². The third-order valence-electron chi connectivity index (χ3n) is 6.89. The van der Waals surface area contributed by atoms with E-state index in [0.717, 1.165) is 43.1 Å². The monoisotopic (exact) mass is 464 g/mol. The molecule has 3 heterocycles. The summed E-state index contributed by atoms with van der Waals surface area (Å²) in [5.74, 6) is 0.322. The first-order chi connectivity index (χ1) is 16.7. The molecule has 6 heteroatoms. The van der Waals surface area contributed by atoms with Gasteiger partial charge in [0, 0.05) is 38.3 Å². The summed E-state index contributed by atoms with van der Waals surface area (Å²) >= 11 is 0. The number of furan rings is 1. The van der Waals surface area contributed by atoms with Crippen molar-refractivity contribution < 1.29 is 17.9 Å². The molecule has 2 aliphatic rings. The SMILES string of the molecule is Fc1ccc(C(OCCN2C[C@H]3CC[C@@H](C2)N3C/C=C/c2ccco2)c2ccc(F)cc2)cc1. The summed E-state index contributed by atoms with van der Waals surface area (Å²) in [6, 6.07) is 17.7. The fourth-order valence-electron chi connectivity index (χ4n) is 5.19. The maximum absolute atomic E-state index is 13.5. The van der Waals surface area contributed by atoms with E-state index in [0.29, 0.717) is 18.7 Å². The molecule has 1 aromatic heterocycles. The van der Waals surface area contributed by atoms with Gasteiger partial charge in [-0.05, 0) is 66.4 Å². The van der Waals surface area contributed by atoms with Gasteiger partial charge in [-0.3, -0.25) is 9.80 Å². The van der Waals surface area contributed by atoms with Gasteiger partial charge in [0.25, 0.3) is 0 Å². The average Bonchev–Trinajstić information content (AvgIpc) is 3.44. The van der Waals surface area contributed by atoms with Crippen LogP contribution in [0.3, 0.4) is 0 Å². The molecular weight excluding hydrogens is 434 g/mol. The van der Waals surface area contributed by atoms with Crippen LogP contribution in [-0.2, 0) is 4.74 Å². The summed E-state index contributed by atoms with van der Waals surface area (Å²) in [6.45, 7) is 4.40. The van der Waals surface area contributed by atoms with Crippen molar-refractivity contribution in [2.75, 3.05) is 32.8 Å². The molecule has 2 bridgehead atoms. The molecule has 5 rings (SSSR count). The topological polar surface area (TPSA) is 28.9 Å². The highest BCUT2D eigenvalue weighted by molar-refractivity contribution is 5.42. The summed E-state index contributed by atoms with van der Waals surface area (Å²) in [4.78, 5) is 5.10. The first-order valence-corrected chi connectivity index (χ1v) is 12.0. The van der Waals surface area contributed by atoms with Crippen LogP contribution in [0.25, 0.3) is 6.08 Å². The van der Waals surface area contributed by atoms with Crippen LogP contribution >= 0.6 is 0 Å². The Morgan fingerprint density at radius 3 is 2.09 bits per heavy atom. The number of hydrogen-bond acceptors (Lipinski definition) is 4. The summed E-state index contributed by atoms with van der Waals surface area (Å²) < 4.78 is 38.6. The number of ether oxygens (including phenoxy) is 1. The lowest BCUT2D eigenvalue weighted by molar-refractivity contribution is 0.0276. The molecule has 2 aliphatic heterocycles. The molecule has 2 fully saturated rings. The zero-order valence-corrected chi connectivity index (χ0v) is 19.2. The normalized spacial score (nSPS) is 21.1. The van der Waals surface area contributed by atoms with Gasteiger partial charge < -0.3 is 9.15 Å². The predicted molar refractivity (Wildman–Crippen MR) is 128 cm³/mol. The molecule has 0 N–H and O–H groups in total. The van der Waals surface area contributed by atoms with Gasteiger partial charge in [0.15, 0.2) is 0 Å². The molecule has 0 aliphatic carbocycles. The number of hydrogen-bond donors (Lipinski definition) is 0. The molecule has 0 saturated carbocycles. The molecule has 0 radical (unpaired) electrons. The summed E-state index contributed by atoms with van der Waals surface area (Å²) in [7, 11) is 0. The predicted octanol–water partition coefficient (Wildman–Crippen LogP) is 5.53.